The second-order valence-corrected chi connectivity index (χ2v) is 16.9. The molecule has 9 rings (SSSR count). The maximum atomic E-state index is 12.9. The molecule has 2 heterocycles. The summed E-state index contributed by atoms with van der Waals surface area (Å²) in [5, 5.41) is 54.5. The number of aromatic carboxylic acids is 2. The van der Waals surface area contributed by atoms with Crippen molar-refractivity contribution in [3.63, 3.8) is 0 Å². The number of methoxy groups -OCH3 is 1. The number of rotatable bonds is 11. The van der Waals surface area contributed by atoms with Gasteiger partial charge in [-0.15, -0.1) is 0 Å². The Labute approximate surface area is 411 Å². The second-order valence-electron chi connectivity index (χ2n) is 16.9. The fraction of sp³-hybridized carbons (Fsp3) is 0.119. The number of carboxylic acid groups (broad SMARTS) is 3. The highest BCUT2D eigenvalue weighted by Gasteiger charge is 2.20. The van der Waals surface area contributed by atoms with Crippen molar-refractivity contribution in [1.82, 2.24) is 4.57 Å². The zero-order valence-electron chi connectivity index (χ0n) is 40.1. The van der Waals surface area contributed by atoms with Crippen LogP contribution >= 0.6 is 0 Å². The molecule has 0 fully saturated rings. The van der Waals surface area contributed by atoms with Gasteiger partial charge in [0.2, 0.25) is 11.2 Å². The number of benzene rings is 7. The first-order valence-electron chi connectivity index (χ1n) is 22.6. The third-order valence-electron chi connectivity index (χ3n) is 12.2. The number of ether oxygens (including phenoxy) is 1. The molecule has 71 heavy (non-hydrogen) atoms. The van der Waals surface area contributed by atoms with Crippen LogP contribution in [-0.2, 0) is 18.3 Å². The number of hydrogen-bond acceptors (Lipinski definition) is 7. The minimum Gasteiger partial charge on any atom is -0.872 e. The summed E-state index contributed by atoms with van der Waals surface area (Å²) in [6.45, 7) is 4.35. The summed E-state index contributed by atoms with van der Waals surface area (Å²) < 4.78 is 9.59. The Morgan fingerprint density at radius 1 is 0.662 bits per heavy atom. The average molecular weight is 948 g/mol. The molecule has 0 saturated heterocycles. The molecule has 0 bridgehead atoms. The minimum absolute atomic E-state index is 0.103. The Morgan fingerprint density at radius 2 is 1.27 bits per heavy atom. The van der Waals surface area contributed by atoms with Crippen LogP contribution in [0, 0.1) is 13.8 Å². The number of pyridine rings is 1. The third-order valence-corrected chi connectivity index (χ3v) is 12.2. The number of hydrogen-bond donors (Lipinski definition) is 4. The summed E-state index contributed by atoms with van der Waals surface area (Å²) >= 11 is 0. The number of phenols is 1. The van der Waals surface area contributed by atoms with Crippen molar-refractivity contribution in [2.45, 2.75) is 20.3 Å². The Bertz CT molecular complexity index is 3420. The van der Waals surface area contributed by atoms with Gasteiger partial charge in [0.25, 0.3) is 0 Å². The highest BCUT2D eigenvalue weighted by Crippen LogP contribution is 2.38. The Hall–Kier alpha value is -9.16. The van der Waals surface area contributed by atoms with Gasteiger partial charge in [0.15, 0.2) is 0 Å². The van der Waals surface area contributed by atoms with E-state index in [2.05, 4.69) is 128 Å². The number of carboxylic acids is 3. The number of fused-ring (bicyclic) bond motifs is 3. The summed E-state index contributed by atoms with van der Waals surface area (Å²) in [5.74, 6) is -4.01. The van der Waals surface area contributed by atoms with Crippen LogP contribution in [0.1, 0.15) is 60.1 Å². The van der Waals surface area contributed by atoms with Gasteiger partial charge in [0.05, 0.1) is 12.7 Å². The monoisotopic (exact) mass is 947 g/mol. The Balaban J connectivity index is 0.000000168. The zero-order valence-corrected chi connectivity index (χ0v) is 40.1. The Kier molecular flexibility index (Phi) is 15.3. The number of anilines is 1. The summed E-state index contributed by atoms with van der Waals surface area (Å²) in [6.07, 6.45) is 6.90. The van der Waals surface area contributed by atoms with Crippen molar-refractivity contribution >= 4 is 74.3 Å². The van der Waals surface area contributed by atoms with E-state index >= 15 is 0 Å². The van der Waals surface area contributed by atoms with E-state index in [9.17, 15) is 34.8 Å². The lowest BCUT2D eigenvalue weighted by atomic mass is 9.90. The van der Waals surface area contributed by atoms with Gasteiger partial charge in [-0.2, -0.15) is 4.57 Å². The number of para-hydroxylation sites is 2. The van der Waals surface area contributed by atoms with Crippen LogP contribution < -0.4 is 19.3 Å². The highest BCUT2D eigenvalue weighted by atomic mass is 16.5. The Morgan fingerprint density at radius 3 is 1.90 bits per heavy atom. The van der Waals surface area contributed by atoms with E-state index in [4.69, 9.17) is 9.84 Å². The van der Waals surface area contributed by atoms with E-state index in [1.54, 1.807) is 67.8 Å². The largest absolute Gasteiger partial charge is 0.872 e. The molecule has 0 spiro atoms. The van der Waals surface area contributed by atoms with Crippen molar-refractivity contribution in [3.05, 3.63) is 208 Å². The standard InChI is InChI=1S/C26H28N3.C23H16O6.C10H10O3/c1-19-17-21(20(2)29(19)24-9-7-6-8-10-24)11-13-23-14-12-22-18-25(27(3)4)15-16-26(22)28(23)5;24-20-16(14-7-3-1-5-12(14)9-18(20)22(26)27)11-17-15-8-4-2-6-13(15)10-19(21(17)25)23(28)29;1-13-9-5-3-2-4-8(9)6-7-10(11)12/h6-18H,1-5H3;1-10,24-25H,11H2,(H,26,27)(H,28,29);2-7H,1H3,(H,11,12)/q+1;;/p-1. The van der Waals surface area contributed by atoms with E-state index in [1.807, 2.05) is 12.1 Å². The SMILES string of the molecule is COc1ccccc1C=CC(=O)O.Cc1cc(C=Cc2ccc3cc(N(C)C)ccc3[n+]2C)c(C)n1-c1ccccc1.O=C(O)c1cc2ccccc2c(Cc2c(O)c(C(=O)O)cc3ccccc23)c1[O-]. The van der Waals surface area contributed by atoms with Crippen molar-refractivity contribution in [1.29, 1.82) is 0 Å². The van der Waals surface area contributed by atoms with Crippen molar-refractivity contribution < 1.29 is 49.2 Å². The molecular weight excluding hydrogens is 895 g/mol. The van der Waals surface area contributed by atoms with Crippen LogP contribution in [-0.4, -0.2) is 64.1 Å². The molecule has 0 aliphatic carbocycles. The van der Waals surface area contributed by atoms with Gasteiger partial charge in [-0.25, -0.2) is 14.4 Å². The van der Waals surface area contributed by atoms with Gasteiger partial charge in [0.1, 0.15) is 24.1 Å². The molecule has 12 nitrogen and oxygen atoms in total. The maximum Gasteiger partial charge on any atom is 0.339 e. The molecule has 0 radical (unpaired) electrons. The normalized spacial score (nSPS) is 11.1. The summed E-state index contributed by atoms with van der Waals surface area (Å²) in [7, 11) is 7.83. The van der Waals surface area contributed by atoms with E-state index < -0.39 is 29.4 Å². The molecule has 0 unspecified atom stereocenters. The number of aromatic hydroxyl groups is 1. The van der Waals surface area contributed by atoms with E-state index in [0.717, 1.165) is 11.6 Å². The van der Waals surface area contributed by atoms with Gasteiger partial charge in [0, 0.05) is 84.1 Å². The van der Waals surface area contributed by atoms with Gasteiger partial charge in [-0.05, 0) is 113 Å². The van der Waals surface area contributed by atoms with Crippen LogP contribution in [0.4, 0.5) is 5.69 Å². The molecule has 12 heteroatoms. The van der Waals surface area contributed by atoms with Gasteiger partial charge in [-0.1, -0.05) is 90.7 Å². The lowest BCUT2D eigenvalue weighted by Gasteiger charge is -2.21. The molecule has 0 aliphatic heterocycles. The van der Waals surface area contributed by atoms with Crippen molar-refractivity contribution in [3.8, 4) is 22.9 Å². The first kappa shape index (κ1) is 49.7. The first-order chi connectivity index (χ1) is 34.1. The van der Waals surface area contributed by atoms with Gasteiger partial charge >= 0.3 is 17.9 Å². The fourth-order valence-electron chi connectivity index (χ4n) is 8.59. The number of aryl methyl sites for hydroxylation is 2. The van der Waals surface area contributed by atoms with Crippen LogP contribution in [0.5, 0.6) is 17.2 Å². The molecule has 2 aromatic heterocycles. The first-order valence-corrected chi connectivity index (χ1v) is 22.6. The lowest BCUT2D eigenvalue weighted by molar-refractivity contribution is -0.646. The smallest absolute Gasteiger partial charge is 0.339 e. The number of aromatic nitrogens is 2. The average Bonchev–Trinajstić information content (AvgIpc) is 3.65. The third kappa shape index (κ3) is 11.1. The van der Waals surface area contributed by atoms with Crippen LogP contribution in [0.2, 0.25) is 0 Å². The van der Waals surface area contributed by atoms with Crippen molar-refractivity contribution in [2.24, 2.45) is 7.05 Å². The molecule has 0 aliphatic rings. The topological polar surface area (TPSA) is 176 Å². The summed E-state index contributed by atoms with van der Waals surface area (Å²) in [5.41, 5.74) is 9.16. The molecule has 358 valence electrons. The van der Waals surface area contributed by atoms with Crippen LogP contribution in [0.25, 0.3) is 56.4 Å². The number of nitrogens with zero attached hydrogens (tertiary/aromatic N) is 3. The van der Waals surface area contributed by atoms with E-state index in [-0.39, 0.29) is 28.7 Å². The number of aliphatic carboxylic acids is 1. The van der Waals surface area contributed by atoms with Crippen LogP contribution in [0.3, 0.4) is 0 Å². The highest BCUT2D eigenvalue weighted by molar-refractivity contribution is 6.02. The van der Waals surface area contributed by atoms with E-state index in [1.165, 1.54) is 63.1 Å². The zero-order chi connectivity index (χ0) is 50.9. The predicted octanol–water partition coefficient (Wildman–Crippen LogP) is 10.9. The molecule has 9 aromatic rings. The number of carbonyl (C=O) groups is 3. The second kappa shape index (κ2) is 21.9. The lowest BCUT2D eigenvalue weighted by Crippen LogP contribution is -2.32. The fourth-order valence-corrected chi connectivity index (χ4v) is 8.59. The molecular formula is C59H53N3O9. The van der Waals surface area contributed by atoms with Gasteiger partial charge < -0.3 is 39.7 Å². The summed E-state index contributed by atoms with van der Waals surface area (Å²) in [6, 6.07) is 47.5. The molecule has 0 saturated carbocycles. The minimum atomic E-state index is -1.34. The predicted molar refractivity (Wildman–Crippen MR) is 279 cm³/mol. The van der Waals surface area contributed by atoms with E-state index in [0.29, 0.717) is 27.3 Å². The molecule has 0 atom stereocenters. The van der Waals surface area contributed by atoms with Gasteiger partial charge in [-0.3, -0.25) is 0 Å². The quantitative estimate of drug-likeness (QED) is 0.0721. The summed E-state index contributed by atoms with van der Waals surface area (Å²) in [4.78, 5) is 35.5. The molecule has 7 aromatic carbocycles. The van der Waals surface area contributed by atoms with Crippen molar-refractivity contribution in [2.75, 3.05) is 26.1 Å². The maximum absolute atomic E-state index is 12.9. The molecule has 4 N–H and O–H groups in total. The molecule has 0 amide bonds. The van der Waals surface area contributed by atoms with Crippen LogP contribution in [0.15, 0.2) is 158 Å².